The molecule has 0 atom stereocenters. The van der Waals surface area contributed by atoms with E-state index in [1.54, 1.807) is 17.0 Å². The molecule has 0 amide bonds. The molecule has 3 nitrogen and oxygen atoms in total. The molecule has 0 bridgehead atoms. The number of hydrogen-bond acceptors (Lipinski definition) is 3. The third kappa shape index (κ3) is 3.71. The van der Waals surface area contributed by atoms with Crippen molar-refractivity contribution in [3.8, 4) is 12.1 Å². The van der Waals surface area contributed by atoms with Crippen molar-refractivity contribution < 1.29 is 4.39 Å². The minimum atomic E-state index is -0.797. The van der Waals surface area contributed by atoms with E-state index in [2.05, 4.69) is 0 Å². The first-order valence-electron chi connectivity index (χ1n) is 8.29. The summed E-state index contributed by atoms with van der Waals surface area (Å²) in [4.78, 5) is 1.79. The molecule has 0 heterocycles. The Morgan fingerprint density at radius 2 is 1.23 bits per heavy atom. The average Bonchev–Trinajstić information content (AvgIpc) is 2.72. The smallest absolute Gasteiger partial charge is 0.160 e. The Kier molecular flexibility index (Phi) is 6.48. The van der Waals surface area contributed by atoms with E-state index in [0.29, 0.717) is 5.69 Å². The maximum atomic E-state index is 14.5. The van der Waals surface area contributed by atoms with Crippen molar-refractivity contribution in [2.24, 2.45) is 0 Å². The van der Waals surface area contributed by atoms with Gasteiger partial charge in [0.2, 0.25) is 0 Å². The highest BCUT2D eigenvalue weighted by atomic mass is 19.1. The quantitative estimate of drug-likeness (QED) is 0.580. The van der Waals surface area contributed by atoms with Gasteiger partial charge in [0.15, 0.2) is 5.82 Å². The molecule has 0 aliphatic carbocycles. The summed E-state index contributed by atoms with van der Waals surface area (Å²) < 4.78 is 14.5. The third-order valence-electron chi connectivity index (χ3n) is 3.62. The van der Waals surface area contributed by atoms with Gasteiger partial charge in [0.1, 0.15) is 17.7 Å². The van der Waals surface area contributed by atoms with Gasteiger partial charge in [0.25, 0.3) is 0 Å². The van der Waals surface area contributed by atoms with Crippen LogP contribution in [0.15, 0.2) is 72.8 Å². The predicted octanol–water partition coefficient (Wildman–Crippen LogP) is 6.07. The van der Waals surface area contributed by atoms with Gasteiger partial charge in [-0.25, -0.2) is 4.39 Å². The summed E-state index contributed by atoms with van der Waals surface area (Å²) in [5.41, 5.74) is 1.69. The summed E-state index contributed by atoms with van der Waals surface area (Å²) >= 11 is 0. The van der Waals surface area contributed by atoms with Gasteiger partial charge < -0.3 is 4.90 Å². The summed E-state index contributed by atoms with van der Waals surface area (Å²) in [7, 11) is 0. The van der Waals surface area contributed by atoms with Crippen molar-refractivity contribution in [2.75, 3.05) is 4.90 Å². The molecule has 0 aromatic heterocycles. The molecule has 0 fully saturated rings. The molecule has 0 radical (unpaired) electrons. The molecule has 3 aromatic rings. The zero-order chi connectivity index (χ0) is 18.9. The molecule has 0 saturated carbocycles. The van der Waals surface area contributed by atoms with E-state index in [1.807, 2.05) is 80.6 Å². The number of para-hydroxylation sites is 2. The van der Waals surface area contributed by atoms with Gasteiger partial charge in [-0.3, -0.25) is 0 Å². The fourth-order valence-electron chi connectivity index (χ4n) is 2.53. The Balaban J connectivity index is 0.00000117. The molecule has 0 saturated heterocycles. The van der Waals surface area contributed by atoms with E-state index in [-0.39, 0.29) is 11.1 Å². The monoisotopic (exact) mass is 343 g/mol. The number of halogens is 1. The number of benzene rings is 3. The normalized spacial score (nSPS) is 9.27. The largest absolute Gasteiger partial charge is 0.309 e. The van der Waals surface area contributed by atoms with E-state index in [9.17, 15) is 9.65 Å². The van der Waals surface area contributed by atoms with Crippen molar-refractivity contribution in [3.05, 3.63) is 89.7 Å². The van der Waals surface area contributed by atoms with Gasteiger partial charge in [0, 0.05) is 11.4 Å². The zero-order valence-corrected chi connectivity index (χ0v) is 14.6. The Morgan fingerprint density at radius 1 is 0.731 bits per heavy atom. The maximum Gasteiger partial charge on any atom is 0.160 e. The van der Waals surface area contributed by atoms with Gasteiger partial charge in [0.05, 0.1) is 11.3 Å². The van der Waals surface area contributed by atoms with Crippen molar-refractivity contribution >= 4 is 17.1 Å². The minimum Gasteiger partial charge on any atom is -0.309 e. The lowest BCUT2D eigenvalue weighted by Crippen LogP contribution is -2.12. The lowest BCUT2D eigenvalue weighted by Gasteiger charge is -2.26. The van der Waals surface area contributed by atoms with E-state index in [0.717, 1.165) is 11.4 Å². The highest BCUT2D eigenvalue weighted by molar-refractivity contribution is 5.80. The Morgan fingerprint density at radius 3 is 1.65 bits per heavy atom. The first-order chi connectivity index (χ1) is 12.8. The Hall–Kier alpha value is -3.63. The summed E-state index contributed by atoms with van der Waals surface area (Å²) in [5.74, 6) is -0.797. The standard InChI is InChI=1S/C20H12FN3.C2H6/c21-20-15(13-22)11-12-19(18(20)14-23)24(16-7-3-1-4-8-16)17-9-5-2-6-10-17;1-2/h1-12H;1-2H3. The average molecular weight is 343 g/mol. The summed E-state index contributed by atoms with van der Waals surface area (Å²) in [5, 5.41) is 18.4. The molecule has 4 heteroatoms. The van der Waals surface area contributed by atoms with Gasteiger partial charge in [-0.15, -0.1) is 0 Å². The SMILES string of the molecule is CC.N#Cc1ccc(N(c2ccccc2)c2ccccc2)c(C#N)c1F. The van der Waals surface area contributed by atoms with Gasteiger partial charge >= 0.3 is 0 Å². The van der Waals surface area contributed by atoms with Crippen LogP contribution in [0.25, 0.3) is 0 Å². The topological polar surface area (TPSA) is 50.8 Å². The van der Waals surface area contributed by atoms with Crippen molar-refractivity contribution in [2.45, 2.75) is 13.8 Å². The second kappa shape index (κ2) is 9.01. The van der Waals surface area contributed by atoms with E-state index >= 15 is 0 Å². The maximum absolute atomic E-state index is 14.5. The molecule has 0 aliphatic rings. The predicted molar refractivity (Wildman–Crippen MR) is 102 cm³/mol. The Bertz CT molecular complexity index is 899. The van der Waals surface area contributed by atoms with Crippen LogP contribution >= 0.6 is 0 Å². The van der Waals surface area contributed by atoms with Crippen LogP contribution in [-0.4, -0.2) is 0 Å². The second-order valence-corrected chi connectivity index (χ2v) is 5.05. The summed E-state index contributed by atoms with van der Waals surface area (Å²) in [6, 6.07) is 25.4. The van der Waals surface area contributed by atoms with Crippen LogP contribution in [0, 0.1) is 28.5 Å². The first-order valence-corrected chi connectivity index (χ1v) is 8.29. The third-order valence-corrected chi connectivity index (χ3v) is 3.62. The van der Waals surface area contributed by atoms with Crippen LogP contribution in [0.2, 0.25) is 0 Å². The lowest BCUT2D eigenvalue weighted by atomic mass is 10.1. The van der Waals surface area contributed by atoms with Crippen LogP contribution in [0.4, 0.5) is 21.5 Å². The van der Waals surface area contributed by atoms with Crippen LogP contribution in [-0.2, 0) is 0 Å². The number of anilines is 3. The molecule has 0 spiro atoms. The molecule has 0 unspecified atom stereocenters. The van der Waals surface area contributed by atoms with Crippen LogP contribution in [0.1, 0.15) is 25.0 Å². The summed E-state index contributed by atoms with van der Waals surface area (Å²) in [6.07, 6.45) is 0. The molecule has 0 aliphatic heterocycles. The number of rotatable bonds is 3. The van der Waals surface area contributed by atoms with E-state index in [1.165, 1.54) is 6.07 Å². The fraction of sp³-hybridized carbons (Fsp3) is 0.0909. The number of hydrogen-bond donors (Lipinski definition) is 0. The minimum absolute atomic E-state index is 0.142. The molecule has 26 heavy (non-hydrogen) atoms. The van der Waals surface area contributed by atoms with E-state index in [4.69, 9.17) is 5.26 Å². The molecule has 128 valence electrons. The van der Waals surface area contributed by atoms with Crippen LogP contribution < -0.4 is 4.90 Å². The van der Waals surface area contributed by atoms with Crippen molar-refractivity contribution in [3.63, 3.8) is 0 Å². The first kappa shape index (κ1) is 18.7. The number of nitrogens with zero attached hydrogens (tertiary/aromatic N) is 3. The second-order valence-electron chi connectivity index (χ2n) is 5.05. The van der Waals surface area contributed by atoms with Gasteiger partial charge in [-0.05, 0) is 36.4 Å². The highest BCUT2D eigenvalue weighted by Gasteiger charge is 2.20. The molecule has 0 N–H and O–H groups in total. The fourth-order valence-corrected chi connectivity index (χ4v) is 2.53. The Labute approximate surface area is 153 Å². The highest BCUT2D eigenvalue weighted by Crippen LogP contribution is 2.37. The number of nitriles is 2. The summed E-state index contributed by atoms with van der Waals surface area (Å²) in [6.45, 7) is 4.00. The zero-order valence-electron chi connectivity index (χ0n) is 14.6. The van der Waals surface area contributed by atoms with Crippen molar-refractivity contribution in [1.82, 2.24) is 0 Å². The van der Waals surface area contributed by atoms with Crippen LogP contribution in [0.5, 0.6) is 0 Å². The van der Waals surface area contributed by atoms with Gasteiger partial charge in [-0.1, -0.05) is 50.2 Å². The van der Waals surface area contributed by atoms with Crippen molar-refractivity contribution in [1.29, 1.82) is 10.5 Å². The van der Waals surface area contributed by atoms with Crippen LogP contribution in [0.3, 0.4) is 0 Å². The molecule has 3 rings (SSSR count). The molecular formula is C22H18FN3. The lowest BCUT2D eigenvalue weighted by molar-refractivity contribution is 0.620. The molecular weight excluding hydrogens is 325 g/mol. The van der Waals surface area contributed by atoms with E-state index < -0.39 is 5.82 Å². The van der Waals surface area contributed by atoms with Gasteiger partial charge in [-0.2, -0.15) is 10.5 Å². The molecule has 3 aromatic carbocycles.